The number of nitrogens with one attached hydrogen (secondary N) is 2. The predicted octanol–water partition coefficient (Wildman–Crippen LogP) is 13.0. The molecule has 4 aliphatic heterocycles. The SMILES string of the molecule is C[C@@H]1O[C@@H](OCCCCCNC(=O)OCc2ccccc2)[C@H](O[C@@H]2O[C@H](COCc3ccccc3)[C@H]3O[C@H]4O[C@H](COCc5ccccc5)[C@@H](OCc5ccccc5)[C@H](OCc5ccccc5)[C@H]4OCc4ccccc4C(=O)O[C@@H]3[C@H]2NC(=O)C(F)(F)F)[C@H](OCc2ccccc2)[C@H]1OCc1ccccc1. The molecule has 0 bridgehead atoms. The van der Waals surface area contributed by atoms with Crippen LogP contribution in [0.1, 0.15) is 81.1 Å². The molecular formula is C83H89F3N2O18. The lowest BCUT2D eigenvalue weighted by Crippen LogP contribution is -2.71. The molecule has 0 unspecified atom stereocenters. The maximum absolute atomic E-state index is 15.5. The summed E-state index contributed by atoms with van der Waals surface area (Å²) in [6, 6.07) is 70.1. The molecule has 20 nitrogen and oxygen atoms in total. The quantitative estimate of drug-likeness (QED) is 0.0296. The van der Waals surface area contributed by atoms with Gasteiger partial charge in [0, 0.05) is 13.2 Å². The highest BCUT2D eigenvalue weighted by molar-refractivity contribution is 5.91. The number of rotatable bonds is 32. The molecule has 560 valence electrons. The van der Waals surface area contributed by atoms with Crippen LogP contribution in [0.4, 0.5) is 18.0 Å². The summed E-state index contributed by atoms with van der Waals surface area (Å²) >= 11 is 0. The van der Waals surface area contributed by atoms with Gasteiger partial charge in [-0.2, -0.15) is 13.2 Å². The van der Waals surface area contributed by atoms with Gasteiger partial charge in [-0.1, -0.05) is 231 Å². The molecule has 0 aromatic heterocycles. The van der Waals surface area contributed by atoms with Gasteiger partial charge in [0.1, 0.15) is 67.6 Å². The molecule has 4 heterocycles. The molecule has 8 aromatic rings. The van der Waals surface area contributed by atoms with Crippen molar-refractivity contribution in [2.24, 2.45) is 0 Å². The van der Waals surface area contributed by atoms with E-state index in [1.54, 1.807) is 25.1 Å². The van der Waals surface area contributed by atoms with Gasteiger partial charge in [-0.15, -0.1) is 0 Å². The van der Waals surface area contributed by atoms with Crippen LogP contribution in [0.3, 0.4) is 0 Å². The van der Waals surface area contributed by atoms with Crippen molar-refractivity contribution in [2.45, 2.75) is 177 Å². The second kappa shape index (κ2) is 39.2. The normalized spacial score (nSPS) is 25.3. The van der Waals surface area contributed by atoms with E-state index in [4.69, 9.17) is 71.1 Å². The number of benzene rings is 8. The van der Waals surface area contributed by atoms with E-state index in [9.17, 15) is 9.59 Å². The molecule has 0 spiro atoms. The largest absolute Gasteiger partial charge is 0.471 e. The second-order valence-electron chi connectivity index (χ2n) is 26.3. The Labute approximate surface area is 614 Å². The molecule has 2 amide bonds. The van der Waals surface area contributed by atoms with Crippen molar-refractivity contribution in [3.8, 4) is 0 Å². The van der Waals surface area contributed by atoms with Crippen LogP contribution in [-0.2, 0) is 129 Å². The van der Waals surface area contributed by atoms with E-state index in [2.05, 4.69) is 10.6 Å². The van der Waals surface area contributed by atoms with E-state index in [-0.39, 0.29) is 71.6 Å². The number of alkyl carbamates (subject to hydrolysis) is 1. The summed E-state index contributed by atoms with van der Waals surface area (Å²) in [5, 5.41) is 4.96. The summed E-state index contributed by atoms with van der Waals surface area (Å²) in [7, 11) is 0. The minimum atomic E-state index is -5.54. The highest BCUT2D eigenvalue weighted by Gasteiger charge is 2.59. The molecule has 15 atom stereocenters. The molecule has 23 heteroatoms. The second-order valence-corrected chi connectivity index (χ2v) is 26.3. The number of esters is 1. The molecule has 12 rings (SSSR count). The molecular weight excluding hydrogens is 1370 g/mol. The Bertz CT molecular complexity index is 3920. The maximum atomic E-state index is 15.5. The van der Waals surface area contributed by atoms with E-state index in [0.29, 0.717) is 31.4 Å². The molecule has 8 aromatic carbocycles. The van der Waals surface area contributed by atoms with Crippen LogP contribution >= 0.6 is 0 Å². The van der Waals surface area contributed by atoms with Crippen molar-refractivity contribution in [2.75, 3.05) is 26.4 Å². The fourth-order valence-corrected chi connectivity index (χ4v) is 13.1. The number of alkyl halides is 3. The Morgan fingerprint density at radius 3 is 1.46 bits per heavy atom. The molecule has 0 saturated carbocycles. The van der Waals surface area contributed by atoms with Gasteiger partial charge >= 0.3 is 24.1 Å². The lowest BCUT2D eigenvalue weighted by molar-refractivity contribution is -0.380. The van der Waals surface area contributed by atoms with Crippen LogP contribution in [0, 0.1) is 0 Å². The van der Waals surface area contributed by atoms with E-state index >= 15 is 18.0 Å². The smallest absolute Gasteiger partial charge is 0.453 e. The summed E-state index contributed by atoms with van der Waals surface area (Å²) in [6.45, 7) is 1.72. The number of hydrogen-bond donors (Lipinski definition) is 2. The number of ether oxygens (including phenoxy) is 15. The van der Waals surface area contributed by atoms with Gasteiger partial charge in [-0.25, -0.2) is 9.59 Å². The molecule has 0 radical (unpaired) electrons. The number of carbonyl (C=O) groups excluding carboxylic acids is 3. The van der Waals surface area contributed by atoms with Crippen LogP contribution in [0.25, 0.3) is 0 Å². The molecule has 3 fully saturated rings. The highest BCUT2D eigenvalue weighted by atomic mass is 19.4. The van der Waals surface area contributed by atoms with Crippen LogP contribution in [0.2, 0.25) is 0 Å². The van der Waals surface area contributed by atoms with Gasteiger partial charge < -0.3 is 81.7 Å². The lowest BCUT2D eigenvalue weighted by atomic mass is 9.94. The Balaban J connectivity index is 0.931. The van der Waals surface area contributed by atoms with E-state index < -0.39 is 123 Å². The zero-order valence-electron chi connectivity index (χ0n) is 58.8. The number of carbonyl (C=O) groups is 3. The minimum Gasteiger partial charge on any atom is -0.453 e. The first-order valence-electron chi connectivity index (χ1n) is 35.8. The molecule has 2 N–H and O–H groups in total. The third-order valence-corrected chi connectivity index (χ3v) is 18.5. The van der Waals surface area contributed by atoms with Gasteiger partial charge in [0.2, 0.25) is 0 Å². The fourth-order valence-electron chi connectivity index (χ4n) is 13.1. The van der Waals surface area contributed by atoms with Gasteiger partial charge in [0.25, 0.3) is 0 Å². The molecule has 4 aliphatic rings. The van der Waals surface area contributed by atoms with Crippen molar-refractivity contribution in [3.05, 3.63) is 287 Å². The number of halogens is 3. The summed E-state index contributed by atoms with van der Waals surface area (Å²) in [4.78, 5) is 42.2. The highest BCUT2D eigenvalue weighted by Crippen LogP contribution is 2.40. The van der Waals surface area contributed by atoms with Crippen LogP contribution in [0.15, 0.2) is 237 Å². The summed E-state index contributed by atoms with van der Waals surface area (Å²) < 4.78 is 148. The lowest BCUT2D eigenvalue weighted by Gasteiger charge is -2.51. The van der Waals surface area contributed by atoms with Crippen molar-refractivity contribution in [1.82, 2.24) is 10.6 Å². The molecule has 3 saturated heterocycles. The maximum Gasteiger partial charge on any atom is 0.471 e. The van der Waals surface area contributed by atoms with E-state index in [1.165, 1.54) is 6.07 Å². The van der Waals surface area contributed by atoms with Crippen molar-refractivity contribution in [3.63, 3.8) is 0 Å². The monoisotopic (exact) mass is 1460 g/mol. The fraction of sp³-hybridized carbons (Fsp3) is 0.386. The Hall–Kier alpha value is -8.76. The van der Waals surface area contributed by atoms with Gasteiger partial charge in [0.05, 0.1) is 71.1 Å². The van der Waals surface area contributed by atoms with Crippen molar-refractivity contribution in [1.29, 1.82) is 0 Å². The van der Waals surface area contributed by atoms with Gasteiger partial charge in [0.15, 0.2) is 25.0 Å². The Morgan fingerprint density at radius 2 is 0.925 bits per heavy atom. The topological polar surface area (TPSA) is 214 Å². The number of unbranched alkanes of at least 4 members (excludes halogenated alkanes) is 2. The Kier molecular flexibility index (Phi) is 28.4. The zero-order valence-corrected chi connectivity index (χ0v) is 58.8. The third kappa shape index (κ3) is 22.0. The van der Waals surface area contributed by atoms with Crippen LogP contribution < -0.4 is 10.6 Å². The number of hydrogen-bond acceptors (Lipinski definition) is 18. The molecule has 0 aliphatic carbocycles. The van der Waals surface area contributed by atoms with Gasteiger partial charge in [-0.3, -0.25) is 4.79 Å². The minimum absolute atomic E-state index is 0.0121. The molecule has 106 heavy (non-hydrogen) atoms. The van der Waals surface area contributed by atoms with Crippen LogP contribution in [0.5, 0.6) is 0 Å². The first-order valence-corrected chi connectivity index (χ1v) is 35.8. The first kappa shape index (κ1) is 76.9. The van der Waals surface area contributed by atoms with Crippen LogP contribution in [-0.4, -0.2) is 143 Å². The third-order valence-electron chi connectivity index (χ3n) is 18.5. The summed E-state index contributed by atoms with van der Waals surface area (Å²) in [6.07, 6.45) is -23.6. The van der Waals surface area contributed by atoms with Gasteiger partial charge in [-0.05, 0) is 76.8 Å². The van der Waals surface area contributed by atoms with E-state index in [0.717, 1.165) is 38.9 Å². The van der Waals surface area contributed by atoms with Crippen molar-refractivity contribution < 1.29 is 98.6 Å². The predicted molar refractivity (Wildman–Crippen MR) is 380 cm³/mol. The summed E-state index contributed by atoms with van der Waals surface area (Å²) in [5.74, 6) is -3.46. The zero-order chi connectivity index (χ0) is 73.3. The average molecular weight is 1460 g/mol. The number of amides is 2. The first-order chi connectivity index (χ1) is 51.9. The van der Waals surface area contributed by atoms with E-state index in [1.807, 2.05) is 212 Å². The number of fused-ring (bicyclic) bond motifs is 3. The Morgan fingerprint density at radius 1 is 0.453 bits per heavy atom. The van der Waals surface area contributed by atoms with Crippen molar-refractivity contribution >= 4 is 18.0 Å². The standard InChI is InChI=1S/C83H89F3N2O18/c1-56-69(95-48-59-32-14-4-15-33-59)73(97-50-61-36-18-6-19-37-61)76(79(101-56)94-45-27-9-26-44-87-82(91)100-52-63-40-22-8-23-41-63)106-78-68(88-81(90)83(84,85)86)72-71(67(102-78)55-93-47-58-30-12-3-13-31-58)105-80-75(99-53-64-42-24-25-43-65(64)77(89)104-72)74(98-51-62-38-20-7-21-39-62)70(96-49-60-34-16-5-17-35-60)66(103-80)54-92-46-57-28-10-2-11-29-57/h2-8,10-25,28-43,56,66-76,78-80H,9,26-27,44-55H2,1H3,(H,87,91)(H,88,90)/t56-,66+,67+,68+,69-,70+,71+,72+,73+,74-,75+,76+,78-,79+,80+/m0/s1. The average Bonchev–Trinajstić information content (AvgIpc) is 1.04. The summed E-state index contributed by atoms with van der Waals surface area (Å²) in [5.41, 5.74) is 5.93.